The van der Waals surface area contributed by atoms with Crippen molar-refractivity contribution in [1.29, 1.82) is 0 Å². The molecule has 20 heavy (non-hydrogen) atoms. The van der Waals surface area contributed by atoms with Gasteiger partial charge in [-0.2, -0.15) is 0 Å². The monoisotopic (exact) mass is 285 g/mol. The topological polar surface area (TPSA) is 60.2 Å². The Balaban J connectivity index is 1.94. The molecule has 1 aliphatic carbocycles. The fourth-order valence-corrected chi connectivity index (χ4v) is 2.82. The van der Waals surface area contributed by atoms with Crippen molar-refractivity contribution in [1.82, 2.24) is 10.4 Å². The largest absolute Gasteiger partial charge is 0.375 e. The van der Waals surface area contributed by atoms with Crippen molar-refractivity contribution in [2.75, 3.05) is 13.2 Å². The average Bonchev–Trinajstić information content (AvgIpc) is 2.47. The molecule has 0 saturated heterocycles. The molecule has 0 fully saturated rings. The Morgan fingerprint density at radius 3 is 3.10 bits per heavy atom. The zero-order valence-corrected chi connectivity index (χ0v) is 11.4. The maximum Gasteiger partial charge on any atom is 0.261 e. The number of rotatable bonds is 7. The third-order valence-electron chi connectivity index (χ3n) is 3.76. The number of halogens is 2. The first-order valence-corrected chi connectivity index (χ1v) is 6.98. The zero-order chi connectivity index (χ0) is 14.4. The Kier molecular flexibility index (Phi) is 5.82. The van der Waals surface area contributed by atoms with E-state index in [2.05, 4.69) is 16.5 Å². The smallest absolute Gasteiger partial charge is 0.261 e. The van der Waals surface area contributed by atoms with Gasteiger partial charge < -0.3 is 4.74 Å². The highest BCUT2D eigenvalue weighted by molar-refractivity contribution is 5.27. The van der Waals surface area contributed by atoms with E-state index in [4.69, 9.17) is 10.6 Å². The maximum absolute atomic E-state index is 12.0. The number of nitrogens with zero attached hydrogens (tertiary/aromatic N) is 1. The van der Waals surface area contributed by atoms with E-state index in [0.29, 0.717) is 6.42 Å². The fraction of sp³-hybridized carbons (Fsp3) is 0.643. The SMILES string of the molecule is NNC(CCOCC(F)F)C1CCCc2cccnc21. The number of ether oxygens (including phenoxy) is 1. The predicted molar refractivity (Wildman–Crippen MR) is 72.5 cm³/mol. The molecule has 2 unspecified atom stereocenters. The third kappa shape index (κ3) is 3.94. The van der Waals surface area contributed by atoms with Gasteiger partial charge in [0.15, 0.2) is 0 Å². The normalized spacial score (nSPS) is 19.9. The van der Waals surface area contributed by atoms with Crippen LogP contribution in [-0.2, 0) is 11.2 Å². The van der Waals surface area contributed by atoms with Crippen LogP contribution in [0.4, 0.5) is 8.78 Å². The lowest BCUT2D eigenvalue weighted by Crippen LogP contribution is -2.42. The molecule has 1 aromatic heterocycles. The molecule has 6 heteroatoms. The molecule has 0 radical (unpaired) electrons. The highest BCUT2D eigenvalue weighted by Gasteiger charge is 2.28. The number of hydrogen-bond acceptors (Lipinski definition) is 4. The van der Waals surface area contributed by atoms with Crippen LogP contribution in [0.1, 0.15) is 36.4 Å². The van der Waals surface area contributed by atoms with E-state index in [0.717, 1.165) is 25.0 Å². The molecule has 0 aromatic carbocycles. The first-order chi connectivity index (χ1) is 9.72. The number of hydrazine groups is 1. The number of alkyl halides is 2. The molecule has 2 rings (SSSR count). The second kappa shape index (κ2) is 7.61. The predicted octanol–water partition coefficient (Wildman–Crippen LogP) is 2.01. The van der Waals surface area contributed by atoms with Gasteiger partial charge in [-0.05, 0) is 37.3 Å². The van der Waals surface area contributed by atoms with Gasteiger partial charge >= 0.3 is 0 Å². The first-order valence-electron chi connectivity index (χ1n) is 6.98. The number of hydrogen-bond donors (Lipinski definition) is 2. The Labute approximate surface area is 117 Å². The van der Waals surface area contributed by atoms with Crippen LogP contribution in [0.25, 0.3) is 0 Å². The lowest BCUT2D eigenvalue weighted by atomic mass is 9.81. The van der Waals surface area contributed by atoms with Crippen molar-refractivity contribution in [3.63, 3.8) is 0 Å². The van der Waals surface area contributed by atoms with Crippen molar-refractivity contribution in [2.24, 2.45) is 5.84 Å². The van der Waals surface area contributed by atoms with E-state index in [-0.39, 0.29) is 18.6 Å². The zero-order valence-electron chi connectivity index (χ0n) is 11.4. The second-order valence-electron chi connectivity index (χ2n) is 5.07. The molecule has 1 aliphatic rings. The third-order valence-corrected chi connectivity index (χ3v) is 3.76. The summed E-state index contributed by atoms with van der Waals surface area (Å²) in [5.41, 5.74) is 5.13. The van der Waals surface area contributed by atoms with Crippen molar-refractivity contribution >= 4 is 0 Å². The summed E-state index contributed by atoms with van der Waals surface area (Å²) in [5, 5.41) is 0. The lowest BCUT2D eigenvalue weighted by molar-refractivity contribution is 0.0135. The molecular formula is C14H21F2N3O. The number of nitrogens with one attached hydrogen (secondary N) is 1. The number of fused-ring (bicyclic) bond motifs is 1. The van der Waals surface area contributed by atoms with Gasteiger partial charge in [-0.1, -0.05) is 6.07 Å². The van der Waals surface area contributed by atoms with Crippen molar-refractivity contribution in [3.05, 3.63) is 29.6 Å². The summed E-state index contributed by atoms with van der Waals surface area (Å²) in [6.07, 6.45) is 3.12. The Bertz CT molecular complexity index is 417. The van der Waals surface area contributed by atoms with Crippen LogP contribution >= 0.6 is 0 Å². The summed E-state index contributed by atoms with van der Waals surface area (Å²) >= 11 is 0. The molecule has 0 bridgehead atoms. The number of nitrogens with two attached hydrogens (primary N) is 1. The Morgan fingerprint density at radius 1 is 1.50 bits per heavy atom. The van der Waals surface area contributed by atoms with E-state index in [1.165, 1.54) is 5.56 Å². The van der Waals surface area contributed by atoms with Gasteiger partial charge in [-0.15, -0.1) is 0 Å². The summed E-state index contributed by atoms with van der Waals surface area (Å²) < 4.78 is 29.0. The Morgan fingerprint density at radius 2 is 2.35 bits per heavy atom. The molecule has 1 aromatic rings. The van der Waals surface area contributed by atoms with E-state index in [9.17, 15) is 8.78 Å². The molecule has 0 aliphatic heterocycles. The standard InChI is InChI=1S/C14H21F2N3O/c15-13(16)9-20-8-6-12(19-17)11-5-1-3-10-4-2-7-18-14(10)11/h2,4,7,11-13,19H,1,3,5-6,8-9,17H2. The van der Waals surface area contributed by atoms with Crippen molar-refractivity contribution in [2.45, 2.75) is 44.1 Å². The minimum Gasteiger partial charge on any atom is -0.375 e. The van der Waals surface area contributed by atoms with Gasteiger partial charge in [0.1, 0.15) is 6.61 Å². The van der Waals surface area contributed by atoms with Crippen LogP contribution in [0.3, 0.4) is 0 Å². The van der Waals surface area contributed by atoms with Crippen LogP contribution < -0.4 is 11.3 Å². The van der Waals surface area contributed by atoms with Gasteiger partial charge in [-0.25, -0.2) is 8.78 Å². The minimum atomic E-state index is -2.42. The van der Waals surface area contributed by atoms with Gasteiger partial charge in [0, 0.05) is 30.5 Å². The van der Waals surface area contributed by atoms with Crippen LogP contribution in [0.15, 0.2) is 18.3 Å². The quantitative estimate of drug-likeness (QED) is 0.457. The molecule has 3 N–H and O–H groups in total. The van der Waals surface area contributed by atoms with Crippen LogP contribution in [0.5, 0.6) is 0 Å². The summed E-state index contributed by atoms with van der Waals surface area (Å²) in [7, 11) is 0. The van der Waals surface area contributed by atoms with Gasteiger partial charge in [0.25, 0.3) is 6.43 Å². The van der Waals surface area contributed by atoms with Crippen LogP contribution in [0.2, 0.25) is 0 Å². The fourth-order valence-electron chi connectivity index (χ4n) is 2.82. The minimum absolute atomic E-state index is 0.00150. The summed E-state index contributed by atoms with van der Waals surface area (Å²) in [6.45, 7) is -0.241. The van der Waals surface area contributed by atoms with Crippen LogP contribution in [0, 0.1) is 0 Å². The molecule has 0 saturated carbocycles. The highest BCUT2D eigenvalue weighted by Crippen LogP contribution is 2.33. The van der Waals surface area contributed by atoms with Gasteiger partial charge in [0.05, 0.1) is 0 Å². The Hall–Kier alpha value is -1.11. The number of aryl methyl sites for hydroxylation is 1. The second-order valence-corrected chi connectivity index (χ2v) is 5.07. The average molecular weight is 285 g/mol. The van der Waals surface area contributed by atoms with E-state index >= 15 is 0 Å². The first kappa shape index (κ1) is 15.3. The van der Waals surface area contributed by atoms with Crippen LogP contribution in [-0.4, -0.2) is 30.7 Å². The molecular weight excluding hydrogens is 264 g/mol. The van der Waals surface area contributed by atoms with E-state index < -0.39 is 13.0 Å². The van der Waals surface area contributed by atoms with Gasteiger partial charge in [0.2, 0.25) is 0 Å². The lowest BCUT2D eigenvalue weighted by Gasteiger charge is -2.31. The number of pyridine rings is 1. The molecule has 112 valence electrons. The molecule has 0 spiro atoms. The van der Waals surface area contributed by atoms with Crippen molar-refractivity contribution in [3.8, 4) is 0 Å². The maximum atomic E-state index is 12.0. The van der Waals surface area contributed by atoms with E-state index in [1.807, 2.05) is 6.07 Å². The number of aromatic nitrogens is 1. The van der Waals surface area contributed by atoms with E-state index in [1.54, 1.807) is 6.20 Å². The summed E-state index contributed by atoms with van der Waals surface area (Å²) in [6, 6.07) is 4.04. The highest BCUT2D eigenvalue weighted by atomic mass is 19.3. The van der Waals surface area contributed by atoms with Crippen molar-refractivity contribution < 1.29 is 13.5 Å². The summed E-state index contributed by atoms with van der Waals surface area (Å²) in [4.78, 5) is 4.47. The molecule has 1 heterocycles. The summed E-state index contributed by atoms with van der Waals surface area (Å²) in [5.74, 6) is 5.84. The molecule has 2 atom stereocenters. The molecule has 0 amide bonds. The van der Waals surface area contributed by atoms with Gasteiger partial charge in [-0.3, -0.25) is 16.3 Å². The molecule has 4 nitrogen and oxygen atoms in total.